The number of halogens is 1. The second-order valence-corrected chi connectivity index (χ2v) is 7.28. The van der Waals surface area contributed by atoms with Crippen molar-refractivity contribution in [2.75, 3.05) is 6.54 Å². The molecular formula is C17H17ClN2O4S. The van der Waals surface area contributed by atoms with Crippen LogP contribution in [0.5, 0.6) is 5.75 Å². The Labute approximate surface area is 154 Å². The first-order valence-corrected chi connectivity index (χ1v) is 9.03. The van der Waals surface area contributed by atoms with Gasteiger partial charge in [-0.25, -0.2) is 9.78 Å². The van der Waals surface area contributed by atoms with E-state index in [2.05, 4.69) is 4.98 Å². The molecule has 1 unspecified atom stereocenters. The number of benzene rings is 1. The average molecular weight is 381 g/mol. The quantitative estimate of drug-likeness (QED) is 0.860. The van der Waals surface area contributed by atoms with Gasteiger partial charge in [-0.15, -0.1) is 11.3 Å². The van der Waals surface area contributed by atoms with Crippen LogP contribution in [0, 0.1) is 6.92 Å². The lowest BCUT2D eigenvalue weighted by Crippen LogP contribution is -2.40. The maximum absolute atomic E-state index is 12.7. The average Bonchev–Trinajstić information content (AvgIpc) is 3.20. The van der Waals surface area contributed by atoms with Crippen molar-refractivity contribution in [1.82, 2.24) is 9.88 Å². The number of aliphatic carboxylic acids is 1. The van der Waals surface area contributed by atoms with Gasteiger partial charge in [0, 0.05) is 11.6 Å². The first kappa shape index (κ1) is 17.7. The van der Waals surface area contributed by atoms with E-state index in [1.165, 1.54) is 16.2 Å². The van der Waals surface area contributed by atoms with Crippen LogP contribution in [-0.4, -0.2) is 39.5 Å². The number of aromatic nitrogens is 1. The van der Waals surface area contributed by atoms with E-state index in [4.69, 9.17) is 16.3 Å². The largest absolute Gasteiger partial charge is 0.486 e. The van der Waals surface area contributed by atoms with E-state index in [1.54, 1.807) is 31.2 Å². The summed E-state index contributed by atoms with van der Waals surface area (Å²) in [5, 5.41) is 10.5. The van der Waals surface area contributed by atoms with Crippen molar-refractivity contribution in [2.24, 2.45) is 0 Å². The molecule has 0 spiro atoms. The van der Waals surface area contributed by atoms with Crippen molar-refractivity contribution in [3.05, 3.63) is 44.9 Å². The highest BCUT2D eigenvalue weighted by Gasteiger charge is 2.35. The third-order valence-corrected chi connectivity index (χ3v) is 5.38. The predicted octanol–water partition coefficient (Wildman–Crippen LogP) is 3.37. The van der Waals surface area contributed by atoms with Crippen LogP contribution in [0.3, 0.4) is 0 Å². The minimum absolute atomic E-state index is 0.239. The summed E-state index contributed by atoms with van der Waals surface area (Å²) in [5.41, 5.74) is 0.598. The van der Waals surface area contributed by atoms with Gasteiger partial charge in [0.15, 0.2) is 0 Å². The number of carbonyl (C=O) groups is 2. The van der Waals surface area contributed by atoms with E-state index in [0.717, 1.165) is 0 Å². The van der Waals surface area contributed by atoms with E-state index in [0.29, 0.717) is 45.7 Å². The van der Waals surface area contributed by atoms with Crippen LogP contribution in [0.2, 0.25) is 5.02 Å². The lowest BCUT2D eigenvalue weighted by molar-refractivity contribution is -0.141. The first-order chi connectivity index (χ1) is 12.0. The van der Waals surface area contributed by atoms with Crippen molar-refractivity contribution in [2.45, 2.75) is 32.4 Å². The zero-order valence-corrected chi connectivity index (χ0v) is 15.1. The number of aryl methyl sites for hydroxylation is 1. The first-order valence-electron chi connectivity index (χ1n) is 7.84. The highest BCUT2D eigenvalue weighted by atomic mass is 35.5. The molecule has 1 N–H and O–H groups in total. The van der Waals surface area contributed by atoms with Crippen molar-refractivity contribution in [3.8, 4) is 5.75 Å². The fourth-order valence-electron chi connectivity index (χ4n) is 2.79. The summed E-state index contributed by atoms with van der Waals surface area (Å²) in [6, 6.07) is 6.24. The molecule has 1 aliphatic rings. The van der Waals surface area contributed by atoms with Crippen molar-refractivity contribution >= 4 is 34.8 Å². The van der Waals surface area contributed by atoms with Crippen LogP contribution in [0.4, 0.5) is 0 Å². The molecule has 1 aromatic carbocycles. The number of hydrogen-bond acceptors (Lipinski definition) is 5. The van der Waals surface area contributed by atoms with E-state index < -0.39 is 12.0 Å². The molecule has 1 fully saturated rings. The highest BCUT2D eigenvalue weighted by Crippen LogP contribution is 2.26. The van der Waals surface area contributed by atoms with Gasteiger partial charge in [-0.1, -0.05) is 11.6 Å². The molecule has 1 saturated heterocycles. The molecule has 0 bridgehead atoms. The summed E-state index contributed by atoms with van der Waals surface area (Å²) in [6.07, 6.45) is 1.19. The zero-order valence-electron chi connectivity index (χ0n) is 13.6. The summed E-state index contributed by atoms with van der Waals surface area (Å²) in [6.45, 7) is 2.45. The van der Waals surface area contributed by atoms with Crippen molar-refractivity contribution in [1.29, 1.82) is 0 Å². The zero-order chi connectivity index (χ0) is 18.0. The van der Waals surface area contributed by atoms with Gasteiger partial charge < -0.3 is 14.7 Å². The van der Waals surface area contributed by atoms with Crippen LogP contribution >= 0.6 is 22.9 Å². The van der Waals surface area contributed by atoms with Crippen LogP contribution in [0.25, 0.3) is 0 Å². The molecule has 1 aliphatic heterocycles. The summed E-state index contributed by atoms with van der Waals surface area (Å²) in [7, 11) is 0. The second kappa shape index (κ2) is 7.41. The van der Waals surface area contributed by atoms with Crippen molar-refractivity contribution in [3.63, 3.8) is 0 Å². The van der Waals surface area contributed by atoms with E-state index in [1.807, 2.05) is 0 Å². The monoisotopic (exact) mass is 380 g/mol. The molecule has 3 rings (SSSR count). The van der Waals surface area contributed by atoms with Crippen LogP contribution in [0.15, 0.2) is 24.3 Å². The van der Waals surface area contributed by atoms with E-state index in [-0.39, 0.29) is 12.5 Å². The SMILES string of the molecule is Cc1nc(COc2ccc(Cl)cc2)sc1C(=O)N1CCCC1C(=O)O. The molecule has 0 saturated carbocycles. The smallest absolute Gasteiger partial charge is 0.326 e. The number of carboxylic acids is 1. The van der Waals surface area contributed by atoms with E-state index >= 15 is 0 Å². The Morgan fingerprint density at radius 2 is 2.12 bits per heavy atom. The maximum atomic E-state index is 12.7. The summed E-state index contributed by atoms with van der Waals surface area (Å²) in [5.74, 6) is -0.562. The number of hydrogen-bond donors (Lipinski definition) is 1. The molecule has 25 heavy (non-hydrogen) atoms. The van der Waals surface area contributed by atoms with Gasteiger partial charge in [-0.05, 0) is 44.0 Å². The second-order valence-electron chi connectivity index (χ2n) is 5.76. The number of thiazole rings is 1. The number of rotatable bonds is 5. The standard InChI is InChI=1S/C17H17ClN2O4S/c1-10-15(16(21)20-8-2-3-13(20)17(22)23)25-14(19-10)9-24-12-6-4-11(18)5-7-12/h4-7,13H,2-3,8-9H2,1H3,(H,22,23). The fraction of sp³-hybridized carbons (Fsp3) is 0.353. The van der Waals surface area contributed by atoms with E-state index in [9.17, 15) is 14.7 Å². The Morgan fingerprint density at radius 3 is 2.80 bits per heavy atom. The Kier molecular flexibility index (Phi) is 5.24. The highest BCUT2D eigenvalue weighted by molar-refractivity contribution is 7.13. The predicted molar refractivity (Wildman–Crippen MR) is 94.3 cm³/mol. The number of carboxylic acid groups (broad SMARTS) is 1. The van der Waals surface area contributed by atoms with Gasteiger partial charge in [-0.2, -0.15) is 0 Å². The van der Waals surface area contributed by atoms with Crippen LogP contribution in [0.1, 0.15) is 33.2 Å². The lowest BCUT2D eigenvalue weighted by atomic mass is 10.2. The summed E-state index contributed by atoms with van der Waals surface area (Å²) < 4.78 is 5.65. The normalized spacial score (nSPS) is 16.9. The van der Waals surface area contributed by atoms with Gasteiger partial charge in [0.2, 0.25) is 0 Å². The molecule has 1 amide bonds. The topological polar surface area (TPSA) is 79.7 Å². The van der Waals surface area contributed by atoms with Gasteiger partial charge in [0.25, 0.3) is 5.91 Å². The minimum atomic E-state index is -0.959. The summed E-state index contributed by atoms with van der Waals surface area (Å²) >= 11 is 7.08. The van der Waals surface area contributed by atoms with Gasteiger partial charge in [0.05, 0.1) is 5.69 Å². The Bertz CT molecular complexity index is 790. The molecular weight excluding hydrogens is 364 g/mol. The molecule has 132 valence electrons. The third kappa shape index (κ3) is 3.93. The number of likely N-dealkylation sites (tertiary alicyclic amines) is 1. The summed E-state index contributed by atoms with van der Waals surface area (Å²) in [4.78, 5) is 30.2. The van der Waals surface area contributed by atoms with Gasteiger partial charge in [-0.3, -0.25) is 4.79 Å². The molecule has 8 heteroatoms. The molecule has 2 aromatic rings. The minimum Gasteiger partial charge on any atom is -0.486 e. The maximum Gasteiger partial charge on any atom is 0.326 e. The van der Waals surface area contributed by atoms with Gasteiger partial charge in [0.1, 0.15) is 28.3 Å². The number of nitrogens with zero attached hydrogens (tertiary/aromatic N) is 2. The lowest BCUT2D eigenvalue weighted by Gasteiger charge is -2.20. The van der Waals surface area contributed by atoms with Crippen LogP contribution < -0.4 is 4.74 Å². The molecule has 1 aromatic heterocycles. The fourth-order valence-corrected chi connectivity index (χ4v) is 3.85. The third-order valence-electron chi connectivity index (χ3n) is 4.01. The van der Waals surface area contributed by atoms with Crippen LogP contribution in [-0.2, 0) is 11.4 Å². The van der Waals surface area contributed by atoms with Crippen molar-refractivity contribution < 1.29 is 19.4 Å². The van der Waals surface area contributed by atoms with Gasteiger partial charge >= 0.3 is 5.97 Å². The molecule has 6 nitrogen and oxygen atoms in total. The Hall–Kier alpha value is -2.12. The number of amides is 1. The number of ether oxygens (including phenoxy) is 1. The Balaban J connectivity index is 1.70. The Morgan fingerprint density at radius 1 is 1.40 bits per heavy atom. The molecule has 2 heterocycles. The number of carbonyl (C=O) groups excluding carboxylic acids is 1. The molecule has 0 radical (unpaired) electrons. The molecule has 1 atom stereocenters. The molecule has 0 aliphatic carbocycles.